The number of aryl methyl sites for hydroxylation is 2. The molecular weight excluding hydrogens is 346 g/mol. The molecule has 0 fully saturated rings. The van der Waals surface area contributed by atoms with Crippen LogP contribution in [0.15, 0.2) is 33.9 Å². The second-order valence-corrected chi connectivity index (χ2v) is 5.79. The van der Waals surface area contributed by atoms with E-state index in [0.717, 1.165) is 16.8 Å². The lowest BCUT2D eigenvalue weighted by atomic mass is 10.2. The summed E-state index contributed by atoms with van der Waals surface area (Å²) in [6.07, 6.45) is 0. The Labute approximate surface area is 143 Å². The molecule has 2 N–H and O–H groups in total. The summed E-state index contributed by atoms with van der Waals surface area (Å²) in [5, 5.41) is 9.47. The fourth-order valence-electron chi connectivity index (χ4n) is 2.90. The van der Waals surface area contributed by atoms with Crippen LogP contribution in [-0.4, -0.2) is 29.5 Å². The summed E-state index contributed by atoms with van der Waals surface area (Å²) in [5.74, 6) is -1.03. The van der Waals surface area contributed by atoms with Gasteiger partial charge in [0.05, 0.1) is 16.6 Å². The van der Waals surface area contributed by atoms with E-state index in [9.17, 15) is 18.4 Å². The maximum Gasteiger partial charge on any atom is 0.280 e. The first-order valence-electron chi connectivity index (χ1n) is 7.58. The van der Waals surface area contributed by atoms with Crippen LogP contribution in [0.4, 0.5) is 8.78 Å². The molecule has 0 aliphatic heterocycles. The zero-order valence-electron chi connectivity index (χ0n) is 13.7. The van der Waals surface area contributed by atoms with Crippen molar-refractivity contribution in [1.82, 2.24) is 29.5 Å². The molecule has 3 heterocycles. The van der Waals surface area contributed by atoms with E-state index in [4.69, 9.17) is 0 Å². The molecule has 3 aromatic heterocycles. The van der Waals surface area contributed by atoms with Crippen LogP contribution < -0.4 is 11.1 Å². The molecule has 0 saturated heterocycles. The van der Waals surface area contributed by atoms with Crippen LogP contribution in [-0.2, 0) is 0 Å². The molecule has 0 radical (unpaired) electrons. The molecule has 0 saturated carbocycles. The van der Waals surface area contributed by atoms with Crippen molar-refractivity contribution in [1.29, 1.82) is 0 Å². The van der Waals surface area contributed by atoms with Gasteiger partial charge in [0, 0.05) is 17.8 Å². The van der Waals surface area contributed by atoms with Crippen molar-refractivity contribution in [2.45, 2.75) is 13.8 Å². The number of nitrogens with one attached hydrogen (secondary N) is 2. The molecule has 132 valence electrons. The number of rotatable bonds is 2. The molecule has 1 aromatic carbocycles. The van der Waals surface area contributed by atoms with E-state index in [2.05, 4.69) is 20.3 Å². The van der Waals surface area contributed by atoms with Gasteiger partial charge < -0.3 is 0 Å². The zero-order chi connectivity index (χ0) is 18.6. The first kappa shape index (κ1) is 15.9. The minimum Gasteiger partial charge on any atom is -0.290 e. The summed E-state index contributed by atoms with van der Waals surface area (Å²) < 4.78 is 29.2. The third-order valence-electron chi connectivity index (χ3n) is 3.99. The topological polar surface area (TPSA) is 101 Å². The van der Waals surface area contributed by atoms with E-state index in [-0.39, 0.29) is 22.5 Å². The van der Waals surface area contributed by atoms with Crippen molar-refractivity contribution in [3.8, 4) is 11.6 Å². The molecule has 0 amide bonds. The fraction of sp³-hybridized carbons (Fsp3) is 0.125. The number of aromatic nitrogens is 6. The first-order valence-corrected chi connectivity index (χ1v) is 7.58. The van der Waals surface area contributed by atoms with Gasteiger partial charge in [0.2, 0.25) is 0 Å². The van der Waals surface area contributed by atoms with Crippen LogP contribution in [0.2, 0.25) is 0 Å². The van der Waals surface area contributed by atoms with E-state index in [1.165, 1.54) is 10.6 Å². The third kappa shape index (κ3) is 2.34. The van der Waals surface area contributed by atoms with Crippen LogP contribution in [0.3, 0.4) is 0 Å². The van der Waals surface area contributed by atoms with Gasteiger partial charge >= 0.3 is 0 Å². The Morgan fingerprint density at radius 3 is 2.35 bits per heavy atom. The highest BCUT2D eigenvalue weighted by molar-refractivity contribution is 5.81. The molecule has 0 aliphatic rings. The smallest absolute Gasteiger partial charge is 0.280 e. The maximum absolute atomic E-state index is 13.5. The molecule has 0 atom stereocenters. The lowest BCUT2D eigenvalue weighted by Crippen LogP contribution is -2.22. The van der Waals surface area contributed by atoms with Crippen molar-refractivity contribution >= 4 is 10.9 Å². The molecule has 0 aliphatic carbocycles. The number of fused-ring (bicyclic) bond motifs is 1. The van der Waals surface area contributed by atoms with Crippen molar-refractivity contribution in [2.24, 2.45) is 0 Å². The Balaban J connectivity index is 2.03. The van der Waals surface area contributed by atoms with Crippen molar-refractivity contribution in [3.05, 3.63) is 68.1 Å². The highest BCUT2D eigenvalue weighted by atomic mass is 19.1. The van der Waals surface area contributed by atoms with Gasteiger partial charge in [0.25, 0.3) is 17.1 Å². The fourth-order valence-corrected chi connectivity index (χ4v) is 2.90. The summed E-state index contributed by atoms with van der Waals surface area (Å²) in [6, 6.07) is 3.94. The predicted octanol–water partition coefficient (Wildman–Crippen LogP) is 1.48. The number of pyridine rings is 1. The average Bonchev–Trinajstić information content (AvgIpc) is 3.10. The van der Waals surface area contributed by atoms with Gasteiger partial charge in [0.1, 0.15) is 17.5 Å². The summed E-state index contributed by atoms with van der Waals surface area (Å²) >= 11 is 0. The van der Waals surface area contributed by atoms with Crippen molar-refractivity contribution in [2.75, 3.05) is 0 Å². The van der Waals surface area contributed by atoms with Crippen LogP contribution in [0.5, 0.6) is 0 Å². The summed E-state index contributed by atoms with van der Waals surface area (Å²) in [5.41, 5.74) is -0.471. The Kier molecular flexibility index (Phi) is 3.36. The number of hydrogen-bond acceptors (Lipinski definition) is 4. The second kappa shape index (κ2) is 5.48. The standard InChI is InChI=1S/C16H12F2N6O2/c1-7-14-12(6-13(25)23(7)16-19-8(2)20-21-16)22-24(15(14)26)11-4-9(17)3-10(18)5-11/h3-6,22H,1-2H3,(H,19,20,21). The maximum atomic E-state index is 13.5. The minimum absolute atomic E-state index is 0.0177. The SMILES string of the molecule is Cc1nc(-n2c(C)c3c(=O)n(-c4cc(F)cc(F)c4)[nH]c3cc2=O)n[nH]1. The Morgan fingerprint density at radius 1 is 1.04 bits per heavy atom. The van der Waals surface area contributed by atoms with Gasteiger partial charge in [-0.3, -0.25) is 19.8 Å². The summed E-state index contributed by atoms with van der Waals surface area (Å²) in [7, 11) is 0. The molecule has 4 rings (SSSR count). The molecule has 4 aromatic rings. The quantitative estimate of drug-likeness (QED) is 0.567. The molecule has 0 unspecified atom stereocenters. The van der Waals surface area contributed by atoms with Gasteiger partial charge in [-0.15, -0.1) is 5.10 Å². The summed E-state index contributed by atoms with van der Waals surface area (Å²) in [4.78, 5) is 29.3. The van der Waals surface area contributed by atoms with Crippen molar-refractivity contribution < 1.29 is 8.78 Å². The van der Waals surface area contributed by atoms with Crippen molar-refractivity contribution in [3.63, 3.8) is 0 Å². The summed E-state index contributed by atoms with van der Waals surface area (Å²) in [6.45, 7) is 3.25. The van der Waals surface area contributed by atoms with E-state index in [1.54, 1.807) is 13.8 Å². The van der Waals surface area contributed by atoms with E-state index in [0.29, 0.717) is 17.6 Å². The minimum atomic E-state index is -0.821. The first-order chi connectivity index (χ1) is 12.3. The molecule has 0 spiro atoms. The Hall–Kier alpha value is -3.56. The number of aromatic amines is 2. The molecule has 0 bridgehead atoms. The zero-order valence-corrected chi connectivity index (χ0v) is 13.7. The second-order valence-electron chi connectivity index (χ2n) is 5.79. The monoisotopic (exact) mass is 358 g/mol. The average molecular weight is 358 g/mol. The van der Waals surface area contributed by atoms with E-state index in [1.807, 2.05) is 0 Å². The largest absolute Gasteiger partial charge is 0.290 e. The third-order valence-corrected chi connectivity index (χ3v) is 3.99. The van der Waals surface area contributed by atoms with Gasteiger partial charge in [0.15, 0.2) is 0 Å². The Morgan fingerprint density at radius 2 is 1.73 bits per heavy atom. The van der Waals surface area contributed by atoms with Crippen LogP contribution in [0.25, 0.3) is 22.5 Å². The molecule has 8 nitrogen and oxygen atoms in total. The number of benzene rings is 1. The predicted molar refractivity (Wildman–Crippen MR) is 88.8 cm³/mol. The van der Waals surface area contributed by atoms with Gasteiger partial charge in [-0.1, -0.05) is 0 Å². The van der Waals surface area contributed by atoms with Crippen LogP contribution >= 0.6 is 0 Å². The normalized spacial score (nSPS) is 11.4. The highest BCUT2D eigenvalue weighted by Crippen LogP contribution is 2.16. The number of H-pyrrole nitrogens is 2. The number of nitrogens with zero attached hydrogens (tertiary/aromatic N) is 4. The molecule has 26 heavy (non-hydrogen) atoms. The van der Waals surface area contributed by atoms with Gasteiger partial charge in [-0.05, 0) is 26.0 Å². The van der Waals surface area contributed by atoms with Gasteiger partial charge in [-0.2, -0.15) is 4.98 Å². The van der Waals surface area contributed by atoms with Crippen LogP contribution in [0.1, 0.15) is 11.5 Å². The lowest BCUT2D eigenvalue weighted by molar-refractivity contribution is 0.580. The molecular formula is C16H12F2N6O2. The lowest BCUT2D eigenvalue weighted by Gasteiger charge is -2.04. The Bertz CT molecular complexity index is 1260. The van der Waals surface area contributed by atoms with Crippen LogP contribution in [0, 0.1) is 25.5 Å². The highest BCUT2D eigenvalue weighted by Gasteiger charge is 2.18. The number of halogens is 2. The van der Waals surface area contributed by atoms with E-state index < -0.39 is 22.8 Å². The number of hydrogen-bond donors (Lipinski definition) is 2. The molecule has 10 heteroatoms. The van der Waals surface area contributed by atoms with Gasteiger partial charge in [-0.25, -0.2) is 18.0 Å². The van der Waals surface area contributed by atoms with E-state index >= 15 is 0 Å².